The summed E-state index contributed by atoms with van der Waals surface area (Å²) in [6.07, 6.45) is 6.25. The van der Waals surface area contributed by atoms with Gasteiger partial charge in [-0.15, -0.1) is 0 Å². The number of aromatic amines is 2. The molecule has 1 saturated carbocycles. The molecule has 84 valence electrons. The highest BCUT2D eigenvalue weighted by Gasteiger charge is 2.28. The second-order valence-corrected chi connectivity index (χ2v) is 5.20. The van der Waals surface area contributed by atoms with Crippen molar-refractivity contribution in [1.82, 2.24) is 14.8 Å². The smallest absolute Gasteiger partial charge is 0.272 e. The zero-order valence-electron chi connectivity index (χ0n) is 9.01. The van der Waals surface area contributed by atoms with E-state index in [1.54, 1.807) is 4.57 Å². The third-order valence-electron chi connectivity index (χ3n) is 3.37. The molecule has 2 rings (SSSR count). The molecule has 1 aliphatic rings. The van der Waals surface area contributed by atoms with Crippen LogP contribution in [0.25, 0.3) is 0 Å². The van der Waals surface area contributed by atoms with Crippen LogP contribution in [0.1, 0.15) is 39.0 Å². The van der Waals surface area contributed by atoms with E-state index < -0.39 is 0 Å². The van der Waals surface area contributed by atoms with Crippen LogP contribution < -0.4 is 5.69 Å². The van der Waals surface area contributed by atoms with E-state index in [0.29, 0.717) is 4.77 Å². The van der Waals surface area contributed by atoms with Gasteiger partial charge in [-0.1, -0.05) is 26.2 Å². The van der Waals surface area contributed by atoms with E-state index in [0.717, 1.165) is 6.54 Å². The third-order valence-corrected chi connectivity index (χ3v) is 3.69. The lowest BCUT2D eigenvalue weighted by atomic mass is 9.76. The number of rotatable bonds is 2. The number of nitrogens with one attached hydrogen (secondary N) is 2. The standard InChI is InChI=1S/C10H17N3OS/c1-10(5-3-2-4-6-10)7-13-8(14)11-12-9(13)15/h2-7H2,1H3,(H,11,14)(H,12,15). The lowest BCUT2D eigenvalue weighted by molar-refractivity contribution is 0.180. The fourth-order valence-corrected chi connectivity index (χ4v) is 2.62. The number of aromatic nitrogens is 3. The molecule has 0 unspecified atom stereocenters. The molecule has 0 atom stereocenters. The van der Waals surface area contributed by atoms with Crippen molar-refractivity contribution in [2.75, 3.05) is 0 Å². The van der Waals surface area contributed by atoms with Crippen LogP contribution in [0, 0.1) is 10.2 Å². The van der Waals surface area contributed by atoms with Crippen molar-refractivity contribution in [3.63, 3.8) is 0 Å². The first-order valence-electron chi connectivity index (χ1n) is 5.48. The summed E-state index contributed by atoms with van der Waals surface area (Å²) in [5.74, 6) is 0. The number of nitrogens with zero attached hydrogens (tertiary/aromatic N) is 1. The van der Waals surface area contributed by atoms with E-state index in [2.05, 4.69) is 17.1 Å². The molecule has 0 amide bonds. The first-order chi connectivity index (χ1) is 7.11. The van der Waals surface area contributed by atoms with Crippen LogP contribution in [0.15, 0.2) is 4.79 Å². The van der Waals surface area contributed by atoms with Crippen LogP contribution in [0.5, 0.6) is 0 Å². The second-order valence-electron chi connectivity index (χ2n) is 4.82. The van der Waals surface area contributed by atoms with E-state index in [9.17, 15) is 4.79 Å². The monoisotopic (exact) mass is 227 g/mol. The molecule has 4 nitrogen and oxygen atoms in total. The number of hydrogen-bond acceptors (Lipinski definition) is 2. The van der Waals surface area contributed by atoms with E-state index in [1.807, 2.05) is 0 Å². The first-order valence-corrected chi connectivity index (χ1v) is 5.89. The lowest BCUT2D eigenvalue weighted by Gasteiger charge is -2.33. The maximum Gasteiger partial charge on any atom is 0.342 e. The highest BCUT2D eigenvalue weighted by molar-refractivity contribution is 7.71. The molecule has 2 N–H and O–H groups in total. The molecular formula is C10H17N3OS. The molecule has 0 radical (unpaired) electrons. The summed E-state index contributed by atoms with van der Waals surface area (Å²) >= 11 is 5.07. The van der Waals surface area contributed by atoms with Gasteiger partial charge in [-0.2, -0.15) is 0 Å². The van der Waals surface area contributed by atoms with E-state index in [1.165, 1.54) is 32.1 Å². The maximum absolute atomic E-state index is 11.5. The maximum atomic E-state index is 11.5. The van der Waals surface area contributed by atoms with E-state index in [-0.39, 0.29) is 11.1 Å². The highest BCUT2D eigenvalue weighted by Crippen LogP contribution is 2.36. The van der Waals surface area contributed by atoms with Crippen molar-refractivity contribution in [2.24, 2.45) is 5.41 Å². The molecule has 1 heterocycles. The van der Waals surface area contributed by atoms with Gasteiger partial charge in [0.25, 0.3) is 0 Å². The van der Waals surface area contributed by atoms with Gasteiger partial charge >= 0.3 is 5.69 Å². The largest absolute Gasteiger partial charge is 0.342 e. The molecule has 1 fully saturated rings. The summed E-state index contributed by atoms with van der Waals surface area (Å²) in [6, 6.07) is 0. The normalized spacial score (nSPS) is 20.3. The zero-order chi connectivity index (χ0) is 10.9. The zero-order valence-corrected chi connectivity index (χ0v) is 9.82. The summed E-state index contributed by atoms with van der Waals surface area (Å²) in [5.41, 5.74) is 0.123. The van der Waals surface area contributed by atoms with Crippen molar-refractivity contribution in [3.8, 4) is 0 Å². The van der Waals surface area contributed by atoms with Crippen molar-refractivity contribution < 1.29 is 0 Å². The van der Waals surface area contributed by atoms with Crippen molar-refractivity contribution in [2.45, 2.75) is 45.6 Å². The fraction of sp³-hybridized carbons (Fsp3) is 0.800. The average Bonchev–Trinajstić information content (AvgIpc) is 2.50. The number of hydrogen-bond donors (Lipinski definition) is 2. The Bertz CT molecular complexity index is 409. The molecule has 0 aliphatic heterocycles. The predicted octanol–water partition coefficient (Wildman–Crippen LogP) is 2.20. The Morgan fingerprint density at radius 2 is 2.00 bits per heavy atom. The molecule has 1 aromatic rings. The van der Waals surface area contributed by atoms with Crippen LogP contribution in [0.3, 0.4) is 0 Å². The summed E-state index contributed by atoms with van der Waals surface area (Å²) in [6.45, 7) is 2.99. The average molecular weight is 227 g/mol. The van der Waals surface area contributed by atoms with Gasteiger partial charge in [-0.3, -0.25) is 9.67 Å². The Hall–Kier alpha value is -0.840. The molecule has 0 aromatic carbocycles. The van der Waals surface area contributed by atoms with Crippen LogP contribution in [0.4, 0.5) is 0 Å². The predicted molar refractivity (Wildman–Crippen MR) is 61.4 cm³/mol. The van der Waals surface area contributed by atoms with Crippen LogP contribution in [-0.2, 0) is 6.54 Å². The molecule has 1 aromatic heterocycles. The van der Waals surface area contributed by atoms with Crippen LogP contribution in [0.2, 0.25) is 0 Å². The van der Waals surface area contributed by atoms with Gasteiger partial charge in [0.1, 0.15) is 0 Å². The fourth-order valence-electron chi connectivity index (χ4n) is 2.42. The first kappa shape index (κ1) is 10.7. The van der Waals surface area contributed by atoms with Gasteiger partial charge < -0.3 is 0 Å². The van der Waals surface area contributed by atoms with Gasteiger partial charge in [-0.25, -0.2) is 9.89 Å². The summed E-state index contributed by atoms with van der Waals surface area (Å²) in [7, 11) is 0. The quantitative estimate of drug-likeness (QED) is 0.761. The molecule has 5 heteroatoms. The molecule has 0 spiro atoms. The Morgan fingerprint density at radius 1 is 1.33 bits per heavy atom. The summed E-state index contributed by atoms with van der Waals surface area (Å²) in [5, 5.41) is 5.21. The van der Waals surface area contributed by atoms with Crippen molar-refractivity contribution >= 4 is 12.2 Å². The Labute approximate surface area is 93.7 Å². The summed E-state index contributed by atoms with van der Waals surface area (Å²) in [4.78, 5) is 11.5. The van der Waals surface area contributed by atoms with Crippen LogP contribution >= 0.6 is 12.2 Å². The minimum Gasteiger partial charge on any atom is -0.272 e. The van der Waals surface area contributed by atoms with Crippen molar-refractivity contribution in [3.05, 3.63) is 15.3 Å². The number of H-pyrrole nitrogens is 2. The highest BCUT2D eigenvalue weighted by atomic mass is 32.1. The molecule has 0 bridgehead atoms. The molecular weight excluding hydrogens is 210 g/mol. The summed E-state index contributed by atoms with van der Waals surface area (Å²) < 4.78 is 2.15. The topological polar surface area (TPSA) is 53.6 Å². The van der Waals surface area contributed by atoms with Gasteiger partial charge in [0.05, 0.1) is 0 Å². The van der Waals surface area contributed by atoms with Crippen LogP contribution in [-0.4, -0.2) is 14.8 Å². The van der Waals surface area contributed by atoms with Gasteiger partial charge in [0.15, 0.2) is 4.77 Å². The minimum atomic E-state index is -0.119. The van der Waals surface area contributed by atoms with Gasteiger partial charge in [-0.05, 0) is 30.5 Å². The second kappa shape index (κ2) is 3.96. The Kier molecular flexibility index (Phi) is 2.82. The molecule has 15 heavy (non-hydrogen) atoms. The van der Waals surface area contributed by atoms with E-state index in [4.69, 9.17) is 12.2 Å². The van der Waals surface area contributed by atoms with Gasteiger partial charge in [0, 0.05) is 6.54 Å². The Morgan fingerprint density at radius 3 is 2.53 bits per heavy atom. The Balaban J connectivity index is 2.20. The van der Waals surface area contributed by atoms with Crippen molar-refractivity contribution in [1.29, 1.82) is 0 Å². The SMILES string of the molecule is CC1(Cn2c(=O)[nH][nH]c2=S)CCCCC1. The minimum absolute atomic E-state index is 0.119. The third kappa shape index (κ3) is 2.22. The molecule has 0 saturated heterocycles. The van der Waals surface area contributed by atoms with E-state index >= 15 is 0 Å². The van der Waals surface area contributed by atoms with Gasteiger partial charge in [0.2, 0.25) is 0 Å². The molecule has 1 aliphatic carbocycles. The lowest BCUT2D eigenvalue weighted by Crippen LogP contribution is -2.30.